The van der Waals surface area contributed by atoms with Crippen molar-refractivity contribution in [3.63, 3.8) is 0 Å². The minimum atomic E-state index is -0.623. The van der Waals surface area contributed by atoms with Gasteiger partial charge in [-0.1, -0.05) is 0 Å². The summed E-state index contributed by atoms with van der Waals surface area (Å²) in [4.78, 5) is 14.2. The number of carbonyl (C=O) groups excluding carboxylic acids is 1. The molecule has 3 heterocycles. The lowest BCUT2D eigenvalue weighted by molar-refractivity contribution is -0.117. The van der Waals surface area contributed by atoms with Crippen LogP contribution < -0.4 is 16.0 Å². The predicted molar refractivity (Wildman–Crippen MR) is 93.8 cm³/mol. The zero-order chi connectivity index (χ0) is 18.7. The lowest BCUT2D eigenvalue weighted by atomic mass is 10.0. The van der Waals surface area contributed by atoms with Gasteiger partial charge in [0, 0.05) is 30.2 Å². The summed E-state index contributed by atoms with van der Waals surface area (Å²) in [7, 11) is 1.52. The minimum absolute atomic E-state index is 0.0341. The number of carbonyl (C=O) groups is 1. The van der Waals surface area contributed by atoms with Crippen molar-refractivity contribution in [2.24, 2.45) is 0 Å². The van der Waals surface area contributed by atoms with Crippen molar-refractivity contribution >= 4 is 5.91 Å². The van der Waals surface area contributed by atoms with E-state index >= 15 is 0 Å². The summed E-state index contributed by atoms with van der Waals surface area (Å²) in [6.45, 7) is 1.71. The Morgan fingerprint density at radius 1 is 1.46 bits per heavy atom. The van der Waals surface area contributed by atoms with E-state index < -0.39 is 6.67 Å². The third kappa shape index (κ3) is 3.58. The number of allylic oxidation sites excluding steroid dienone is 2. The first-order valence-corrected chi connectivity index (χ1v) is 8.37. The van der Waals surface area contributed by atoms with Crippen LogP contribution in [0.1, 0.15) is 6.92 Å². The van der Waals surface area contributed by atoms with E-state index in [9.17, 15) is 13.6 Å². The highest BCUT2D eigenvalue weighted by atomic mass is 19.1. The Labute approximate surface area is 150 Å². The molecule has 0 aromatic heterocycles. The molecule has 1 atom stereocenters. The van der Waals surface area contributed by atoms with E-state index in [0.717, 1.165) is 11.3 Å². The van der Waals surface area contributed by atoms with E-state index in [4.69, 9.17) is 4.74 Å². The molecule has 0 aromatic rings. The fourth-order valence-electron chi connectivity index (χ4n) is 3.15. The summed E-state index contributed by atoms with van der Waals surface area (Å²) in [5.74, 6) is -0.109. The molecule has 26 heavy (non-hydrogen) atoms. The van der Waals surface area contributed by atoms with Crippen LogP contribution in [-0.2, 0) is 9.53 Å². The average Bonchev–Trinajstić information content (AvgIpc) is 2.97. The predicted octanol–water partition coefficient (Wildman–Crippen LogP) is 1.35. The lowest BCUT2D eigenvalue weighted by Crippen LogP contribution is -2.38. The molecule has 8 heteroatoms. The van der Waals surface area contributed by atoms with E-state index in [0.29, 0.717) is 23.6 Å². The summed E-state index contributed by atoms with van der Waals surface area (Å²) < 4.78 is 31.4. The second-order valence-corrected chi connectivity index (χ2v) is 6.22. The maximum absolute atomic E-state index is 13.7. The molecule has 3 rings (SSSR count). The van der Waals surface area contributed by atoms with Crippen molar-refractivity contribution in [3.8, 4) is 0 Å². The van der Waals surface area contributed by atoms with Crippen LogP contribution in [0, 0.1) is 0 Å². The molecule has 1 unspecified atom stereocenters. The van der Waals surface area contributed by atoms with Crippen LogP contribution in [0.4, 0.5) is 8.78 Å². The smallest absolute Gasteiger partial charge is 0.251 e. The van der Waals surface area contributed by atoms with Gasteiger partial charge in [0.1, 0.15) is 12.5 Å². The van der Waals surface area contributed by atoms with Gasteiger partial charge in [-0.3, -0.25) is 4.79 Å². The number of halogens is 2. The summed E-state index contributed by atoms with van der Waals surface area (Å²) in [6.07, 6.45) is 6.95. The third-order valence-corrected chi connectivity index (χ3v) is 4.31. The van der Waals surface area contributed by atoms with Gasteiger partial charge < -0.3 is 25.6 Å². The number of nitrogens with zero attached hydrogens (tertiary/aromatic N) is 1. The van der Waals surface area contributed by atoms with Crippen LogP contribution in [-0.4, -0.2) is 50.3 Å². The molecule has 0 aliphatic carbocycles. The van der Waals surface area contributed by atoms with E-state index in [-0.39, 0.29) is 30.9 Å². The lowest BCUT2D eigenvalue weighted by Gasteiger charge is -2.28. The van der Waals surface area contributed by atoms with Gasteiger partial charge in [-0.2, -0.15) is 0 Å². The van der Waals surface area contributed by atoms with Crippen LogP contribution in [0.2, 0.25) is 0 Å². The van der Waals surface area contributed by atoms with Crippen LogP contribution >= 0.6 is 0 Å². The standard InChI is InChI=1S/C18H22F2N4O2/c1-11-5-15-16(22-7-11)14(17(25)21-4-3-19)10-24(15)9-12-6-13(20)8-23-18(12)26-2/h5-7,10,16,22-23H,3-4,8-9H2,1-2H3,(H,21,25). The van der Waals surface area contributed by atoms with Crippen molar-refractivity contribution < 1.29 is 18.3 Å². The summed E-state index contributed by atoms with van der Waals surface area (Å²) in [5, 5.41) is 8.63. The van der Waals surface area contributed by atoms with Crippen molar-refractivity contribution in [1.29, 1.82) is 0 Å². The van der Waals surface area contributed by atoms with Crippen molar-refractivity contribution in [2.45, 2.75) is 13.0 Å². The molecule has 3 N–H and O–H groups in total. The SMILES string of the molecule is COC1=C(CN2C=C(C(=O)NCCF)C3NC=C(C)C=C32)C=C(F)CN1. The first kappa shape index (κ1) is 18.0. The van der Waals surface area contributed by atoms with Gasteiger partial charge in [0.05, 0.1) is 31.8 Å². The van der Waals surface area contributed by atoms with Crippen LogP contribution in [0.3, 0.4) is 0 Å². The molecule has 6 nitrogen and oxygen atoms in total. The van der Waals surface area contributed by atoms with Gasteiger partial charge in [0.25, 0.3) is 5.91 Å². The highest BCUT2D eigenvalue weighted by molar-refractivity contribution is 5.96. The van der Waals surface area contributed by atoms with Crippen molar-refractivity contribution in [1.82, 2.24) is 20.9 Å². The Morgan fingerprint density at radius 2 is 2.27 bits per heavy atom. The van der Waals surface area contributed by atoms with Gasteiger partial charge >= 0.3 is 0 Å². The van der Waals surface area contributed by atoms with Crippen LogP contribution in [0.25, 0.3) is 0 Å². The second kappa shape index (κ2) is 7.63. The van der Waals surface area contributed by atoms with E-state index in [1.807, 2.05) is 24.1 Å². The number of alkyl halides is 1. The molecule has 3 aliphatic rings. The summed E-state index contributed by atoms with van der Waals surface area (Å²) >= 11 is 0. The maximum Gasteiger partial charge on any atom is 0.251 e. The second-order valence-electron chi connectivity index (χ2n) is 6.22. The van der Waals surface area contributed by atoms with E-state index in [1.165, 1.54) is 13.2 Å². The Kier molecular flexibility index (Phi) is 5.29. The molecular formula is C18H22F2N4O2. The zero-order valence-electron chi connectivity index (χ0n) is 14.7. The Bertz CT molecular complexity index is 752. The molecule has 3 aliphatic heterocycles. The topological polar surface area (TPSA) is 65.6 Å². The molecule has 0 radical (unpaired) electrons. The van der Waals surface area contributed by atoms with Crippen molar-refractivity contribution in [2.75, 3.05) is 33.4 Å². The molecule has 0 saturated carbocycles. The first-order chi connectivity index (χ1) is 12.5. The number of amides is 1. The van der Waals surface area contributed by atoms with Gasteiger partial charge in [0.15, 0.2) is 5.88 Å². The molecule has 0 saturated heterocycles. The maximum atomic E-state index is 13.7. The molecular weight excluding hydrogens is 342 g/mol. The number of ether oxygens (including phenoxy) is 1. The quantitative estimate of drug-likeness (QED) is 0.664. The van der Waals surface area contributed by atoms with E-state index in [1.54, 1.807) is 6.20 Å². The first-order valence-electron chi connectivity index (χ1n) is 8.37. The van der Waals surface area contributed by atoms with Gasteiger partial charge in [0.2, 0.25) is 0 Å². The number of dihydropyridines is 2. The van der Waals surface area contributed by atoms with Crippen LogP contribution in [0.15, 0.2) is 58.7 Å². The van der Waals surface area contributed by atoms with Crippen LogP contribution in [0.5, 0.6) is 0 Å². The molecule has 1 amide bonds. The molecule has 0 fully saturated rings. The normalized spacial score (nSPS) is 21.7. The van der Waals surface area contributed by atoms with Crippen molar-refractivity contribution in [3.05, 3.63) is 58.7 Å². The fraction of sp³-hybridized carbons (Fsp3) is 0.389. The molecule has 0 bridgehead atoms. The number of rotatable bonds is 6. The summed E-state index contributed by atoms with van der Waals surface area (Å²) in [6, 6.07) is -0.324. The average molecular weight is 364 g/mol. The Hall–Kier alpha value is -2.77. The molecule has 0 aromatic carbocycles. The van der Waals surface area contributed by atoms with Gasteiger partial charge in [-0.15, -0.1) is 0 Å². The Morgan fingerprint density at radius 3 is 3.00 bits per heavy atom. The van der Waals surface area contributed by atoms with Gasteiger partial charge in [-0.05, 0) is 24.6 Å². The molecule has 0 spiro atoms. The summed E-state index contributed by atoms with van der Waals surface area (Å²) in [5.41, 5.74) is 3.01. The highest BCUT2D eigenvalue weighted by Crippen LogP contribution is 2.31. The number of nitrogens with one attached hydrogen (secondary N) is 3. The monoisotopic (exact) mass is 364 g/mol. The minimum Gasteiger partial charge on any atom is -0.482 e. The number of hydrogen-bond donors (Lipinski definition) is 3. The number of fused-ring (bicyclic) bond motifs is 1. The highest BCUT2D eigenvalue weighted by Gasteiger charge is 2.35. The van der Waals surface area contributed by atoms with Gasteiger partial charge in [-0.25, -0.2) is 8.78 Å². The Balaban J connectivity index is 1.89. The molecule has 140 valence electrons. The number of hydrogen-bond acceptors (Lipinski definition) is 5. The number of methoxy groups -OCH3 is 1. The fourth-order valence-corrected chi connectivity index (χ4v) is 3.15. The van der Waals surface area contributed by atoms with E-state index in [2.05, 4.69) is 16.0 Å². The largest absolute Gasteiger partial charge is 0.482 e. The third-order valence-electron chi connectivity index (χ3n) is 4.31. The zero-order valence-corrected chi connectivity index (χ0v) is 14.7.